The molecule has 2 atom stereocenters. The standard InChI is InChI=1S/C17H17NO4S/c19-16(13-7-3-1-4-8-13)18-15(17(20)21)11-12-23(22)14-9-5-2-6-10-14/h1-10,15H,11-12H2,(H,18,19)(H,20,21)/t15-,23+/m0/s1. The molecule has 0 spiro atoms. The molecule has 0 saturated carbocycles. The molecule has 6 heteroatoms. The van der Waals surface area contributed by atoms with Crippen molar-refractivity contribution in [2.75, 3.05) is 5.75 Å². The molecule has 0 bridgehead atoms. The van der Waals surface area contributed by atoms with E-state index < -0.39 is 28.7 Å². The topological polar surface area (TPSA) is 83.5 Å². The predicted octanol–water partition coefficient (Wildman–Crippen LogP) is 2.07. The summed E-state index contributed by atoms with van der Waals surface area (Å²) in [5, 5.41) is 11.7. The zero-order valence-electron chi connectivity index (χ0n) is 12.3. The van der Waals surface area contributed by atoms with Crippen molar-refractivity contribution < 1.29 is 18.9 Å². The zero-order valence-corrected chi connectivity index (χ0v) is 13.2. The van der Waals surface area contributed by atoms with Gasteiger partial charge < -0.3 is 10.4 Å². The molecule has 0 aliphatic rings. The first-order valence-electron chi connectivity index (χ1n) is 7.10. The van der Waals surface area contributed by atoms with Crippen molar-refractivity contribution in [2.45, 2.75) is 17.4 Å². The molecular weight excluding hydrogens is 314 g/mol. The fourth-order valence-corrected chi connectivity index (χ4v) is 3.15. The minimum atomic E-state index is -1.29. The van der Waals surface area contributed by atoms with E-state index in [1.165, 1.54) is 0 Å². The molecule has 0 radical (unpaired) electrons. The maximum atomic E-state index is 12.1. The molecule has 0 aliphatic heterocycles. The Morgan fingerprint density at radius 1 is 1.00 bits per heavy atom. The number of aliphatic carboxylic acids is 1. The summed E-state index contributed by atoms with van der Waals surface area (Å²) in [6.07, 6.45) is 0.0927. The van der Waals surface area contributed by atoms with Crippen molar-refractivity contribution >= 4 is 22.7 Å². The number of nitrogens with one attached hydrogen (secondary N) is 1. The first-order valence-corrected chi connectivity index (χ1v) is 8.42. The van der Waals surface area contributed by atoms with Gasteiger partial charge in [0.05, 0.1) is 10.8 Å². The summed E-state index contributed by atoms with van der Waals surface area (Å²) in [7, 11) is -1.29. The zero-order chi connectivity index (χ0) is 16.7. The van der Waals surface area contributed by atoms with Crippen LogP contribution in [0.25, 0.3) is 0 Å². The van der Waals surface area contributed by atoms with Gasteiger partial charge in [-0.15, -0.1) is 0 Å². The monoisotopic (exact) mass is 331 g/mol. The molecule has 0 aromatic heterocycles. The van der Waals surface area contributed by atoms with Crippen molar-refractivity contribution in [3.8, 4) is 0 Å². The van der Waals surface area contributed by atoms with Crippen LogP contribution in [-0.2, 0) is 15.6 Å². The van der Waals surface area contributed by atoms with Gasteiger partial charge in [-0.2, -0.15) is 0 Å². The molecule has 2 N–H and O–H groups in total. The lowest BCUT2D eigenvalue weighted by Gasteiger charge is -2.14. The highest BCUT2D eigenvalue weighted by Gasteiger charge is 2.21. The van der Waals surface area contributed by atoms with Gasteiger partial charge in [0.25, 0.3) is 5.91 Å². The minimum Gasteiger partial charge on any atom is -0.480 e. The fraction of sp³-hybridized carbons (Fsp3) is 0.176. The second-order valence-corrected chi connectivity index (χ2v) is 6.45. The van der Waals surface area contributed by atoms with E-state index in [2.05, 4.69) is 5.32 Å². The van der Waals surface area contributed by atoms with Crippen molar-refractivity contribution in [1.82, 2.24) is 5.32 Å². The van der Waals surface area contributed by atoms with E-state index >= 15 is 0 Å². The fourth-order valence-electron chi connectivity index (χ4n) is 2.00. The summed E-state index contributed by atoms with van der Waals surface area (Å²) in [6.45, 7) is 0. The molecule has 2 rings (SSSR count). The molecule has 1 amide bonds. The van der Waals surface area contributed by atoms with E-state index in [1.807, 2.05) is 6.07 Å². The second-order valence-electron chi connectivity index (χ2n) is 4.88. The molecule has 2 aromatic carbocycles. The Kier molecular flexibility index (Phi) is 6.05. The average molecular weight is 331 g/mol. The maximum Gasteiger partial charge on any atom is 0.326 e. The van der Waals surface area contributed by atoms with E-state index in [1.54, 1.807) is 54.6 Å². The van der Waals surface area contributed by atoms with Crippen molar-refractivity contribution in [2.24, 2.45) is 0 Å². The Labute approximate surface area is 136 Å². The van der Waals surface area contributed by atoms with Gasteiger partial charge in [0.15, 0.2) is 0 Å². The summed E-state index contributed by atoms with van der Waals surface area (Å²) < 4.78 is 12.1. The average Bonchev–Trinajstić information content (AvgIpc) is 2.59. The predicted molar refractivity (Wildman–Crippen MR) is 87.7 cm³/mol. The van der Waals surface area contributed by atoms with Crippen LogP contribution >= 0.6 is 0 Å². The van der Waals surface area contributed by atoms with Crippen LogP contribution in [0.3, 0.4) is 0 Å². The number of carboxylic acid groups (broad SMARTS) is 1. The Morgan fingerprint density at radius 2 is 1.57 bits per heavy atom. The first-order chi connectivity index (χ1) is 11.1. The SMILES string of the molecule is O=C(N[C@@H](CC[S@@](=O)c1ccccc1)C(=O)O)c1ccccc1. The van der Waals surface area contributed by atoms with Crippen LogP contribution < -0.4 is 5.32 Å². The highest BCUT2D eigenvalue weighted by Crippen LogP contribution is 2.08. The molecule has 120 valence electrons. The van der Waals surface area contributed by atoms with Gasteiger partial charge in [-0.25, -0.2) is 4.79 Å². The third-order valence-corrected chi connectivity index (χ3v) is 4.64. The van der Waals surface area contributed by atoms with E-state index in [4.69, 9.17) is 0 Å². The molecule has 2 aromatic rings. The van der Waals surface area contributed by atoms with Gasteiger partial charge in [0.1, 0.15) is 6.04 Å². The van der Waals surface area contributed by atoms with E-state index in [0.717, 1.165) is 0 Å². The van der Waals surface area contributed by atoms with Crippen molar-refractivity contribution in [3.63, 3.8) is 0 Å². The van der Waals surface area contributed by atoms with Gasteiger partial charge >= 0.3 is 5.97 Å². The summed E-state index contributed by atoms with van der Waals surface area (Å²) in [5.41, 5.74) is 0.392. The van der Waals surface area contributed by atoms with Crippen LogP contribution in [0.2, 0.25) is 0 Å². The van der Waals surface area contributed by atoms with E-state index in [9.17, 15) is 18.9 Å². The summed E-state index contributed by atoms with van der Waals surface area (Å²) in [5.74, 6) is -1.43. The largest absolute Gasteiger partial charge is 0.480 e. The van der Waals surface area contributed by atoms with Crippen molar-refractivity contribution in [3.05, 3.63) is 66.2 Å². The smallest absolute Gasteiger partial charge is 0.326 e. The van der Waals surface area contributed by atoms with Gasteiger partial charge in [0, 0.05) is 16.2 Å². The number of amides is 1. The lowest BCUT2D eigenvalue weighted by Crippen LogP contribution is -2.41. The minimum absolute atomic E-state index is 0.0927. The molecule has 0 heterocycles. The van der Waals surface area contributed by atoms with E-state index in [0.29, 0.717) is 10.5 Å². The van der Waals surface area contributed by atoms with Crippen LogP contribution in [0, 0.1) is 0 Å². The Bertz CT molecular complexity index is 688. The Balaban J connectivity index is 1.96. The Morgan fingerprint density at radius 3 is 2.13 bits per heavy atom. The van der Waals surface area contributed by atoms with Crippen LogP contribution in [0.5, 0.6) is 0 Å². The summed E-state index contributed by atoms with van der Waals surface area (Å²) >= 11 is 0. The number of benzene rings is 2. The number of carbonyl (C=O) groups is 2. The van der Waals surface area contributed by atoms with Crippen LogP contribution in [-0.4, -0.2) is 33.0 Å². The highest BCUT2D eigenvalue weighted by molar-refractivity contribution is 7.85. The summed E-state index contributed by atoms with van der Waals surface area (Å²) in [4.78, 5) is 24.0. The normalized spacial score (nSPS) is 13.0. The van der Waals surface area contributed by atoms with Gasteiger partial charge in [-0.05, 0) is 30.7 Å². The van der Waals surface area contributed by atoms with Crippen LogP contribution in [0.15, 0.2) is 65.6 Å². The second kappa shape index (κ2) is 8.24. The van der Waals surface area contributed by atoms with Crippen LogP contribution in [0.4, 0.5) is 0 Å². The third-order valence-electron chi connectivity index (χ3n) is 3.24. The first kappa shape index (κ1) is 16.9. The highest BCUT2D eigenvalue weighted by atomic mass is 32.2. The molecule has 0 saturated heterocycles. The summed E-state index contributed by atoms with van der Waals surface area (Å²) in [6, 6.07) is 16.2. The quantitative estimate of drug-likeness (QED) is 0.813. The number of hydrogen-bond acceptors (Lipinski definition) is 3. The molecular formula is C17H17NO4S. The Hall–Kier alpha value is -2.47. The van der Waals surface area contributed by atoms with Crippen molar-refractivity contribution in [1.29, 1.82) is 0 Å². The molecule has 0 fully saturated rings. The number of carboxylic acids is 1. The molecule has 0 aliphatic carbocycles. The molecule has 0 unspecified atom stereocenters. The van der Waals surface area contributed by atoms with Crippen LogP contribution in [0.1, 0.15) is 16.8 Å². The van der Waals surface area contributed by atoms with Gasteiger partial charge in [-0.3, -0.25) is 9.00 Å². The lowest BCUT2D eigenvalue weighted by atomic mass is 10.1. The van der Waals surface area contributed by atoms with Gasteiger partial charge in [-0.1, -0.05) is 36.4 Å². The number of rotatable bonds is 7. The van der Waals surface area contributed by atoms with Gasteiger partial charge in [0.2, 0.25) is 0 Å². The lowest BCUT2D eigenvalue weighted by molar-refractivity contribution is -0.139. The molecule has 5 nitrogen and oxygen atoms in total. The third kappa shape index (κ3) is 5.03. The molecule has 23 heavy (non-hydrogen) atoms. The number of carbonyl (C=O) groups excluding carboxylic acids is 1. The number of hydrogen-bond donors (Lipinski definition) is 2. The maximum absolute atomic E-state index is 12.1. The van der Waals surface area contributed by atoms with E-state index in [-0.39, 0.29) is 12.2 Å².